The number of aromatic amines is 2. The van der Waals surface area contributed by atoms with E-state index in [4.69, 9.17) is 9.47 Å². The van der Waals surface area contributed by atoms with E-state index in [1.54, 1.807) is 7.05 Å². The van der Waals surface area contributed by atoms with Crippen molar-refractivity contribution in [3.8, 4) is 0 Å². The second kappa shape index (κ2) is 20.7. The lowest BCUT2D eigenvalue weighted by Gasteiger charge is -2.26. The number of carbonyl (C=O) groups excluding carboxylic acids is 2. The summed E-state index contributed by atoms with van der Waals surface area (Å²) in [5.74, 6) is 1.57. The number of fused-ring (bicyclic) bond motifs is 2. The minimum absolute atomic E-state index is 0.000350. The van der Waals surface area contributed by atoms with Gasteiger partial charge in [0.05, 0.1) is 22.9 Å². The fourth-order valence-electron chi connectivity index (χ4n) is 7.26. The van der Waals surface area contributed by atoms with E-state index < -0.39 is 32.2 Å². The van der Waals surface area contributed by atoms with Crippen molar-refractivity contribution >= 4 is 60.9 Å². The third-order valence-corrected chi connectivity index (χ3v) is 13.4. The largest absolute Gasteiger partial charge is 0.447 e. The smallest absolute Gasteiger partial charge is 0.407 e. The molecule has 20 heteroatoms. The van der Waals surface area contributed by atoms with Gasteiger partial charge < -0.3 is 30.7 Å². The zero-order chi connectivity index (χ0) is 45.4. The molecule has 2 aromatic heterocycles. The molecule has 0 unspecified atom stereocenters. The van der Waals surface area contributed by atoms with Crippen molar-refractivity contribution in [3.05, 3.63) is 76.6 Å². The highest BCUT2D eigenvalue weighted by atomic mass is 32.2. The molecule has 4 atom stereocenters. The topological polar surface area (TPSA) is 242 Å². The molecular formula is C42H62N10O8S2. The molecule has 0 bridgehead atoms. The van der Waals surface area contributed by atoms with Crippen LogP contribution in [0.2, 0.25) is 0 Å². The van der Waals surface area contributed by atoms with Crippen LogP contribution in [0.5, 0.6) is 0 Å². The summed E-state index contributed by atoms with van der Waals surface area (Å²) < 4.78 is 63.1. The van der Waals surface area contributed by atoms with Crippen LogP contribution < -0.4 is 26.0 Å². The Labute approximate surface area is 365 Å². The number of nitrogens with zero attached hydrogens (tertiary/aromatic N) is 3. The zero-order valence-corrected chi connectivity index (χ0v) is 38.6. The normalized spacial score (nSPS) is 17.1. The van der Waals surface area contributed by atoms with E-state index in [2.05, 4.69) is 53.3 Å². The van der Waals surface area contributed by atoms with E-state index in [0.717, 1.165) is 40.2 Å². The van der Waals surface area contributed by atoms with Gasteiger partial charge in [0.25, 0.3) is 0 Å². The van der Waals surface area contributed by atoms with Crippen LogP contribution in [0.25, 0.3) is 0 Å². The summed E-state index contributed by atoms with van der Waals surface area (Å²) in [5.41, 5.74) is 6.63. The highest BCUT2D eigenvalue weighted by Gasteiger charge is 2.29. The average Bonchev–Trinajstić information content (AvgIpc) is 3.84. The number of hydrogen-bond donors (Lipinski definition) is 7. The summed E-state index contributed by atoms with van der Waals surface area (Å²) in [7, 11) is -4.98. The molecule has 4 heterocycles. The van der Waals surface area contributed by atoms with Crippen molar-refractivity contribution in [1.29, 1.82) is 0 Å². The van der Waals surface area contributed by atoms with Crippen LogP contribution in [-0.2, 0) is 48.2 Å². The van der Waals surface area contributed by atoms with Gasteiger partial charge >= 0.3 is 12.2 Å². The van der Waals surface area contributed by atoms with Crippen LogP contribution >= 0.6 is 0 Å². The lowest BCUT2D eigenvalue weighted by Crippen LogP contribution is -2.33. The lowest BCUT2D eigenvalue weighted by molar-refractivity contribution is 0.0950. The number of carbonyl (C=O) groups is 2. The second-order valence-corrected chi connectivity index (χ2v) is 20.6. The molecule has 7 N–H and O–H groups in total. The first-order chi connectivity index (χ1) is 29.2. The Bertz CT molecular complexity index is 2380. The molecule has 4 aromatic rings. The second-order valence-electron chi connectivity index (χ2n) is 16.6. The Hall–Kier alpha value is -5.34. The number of aryl methyl sites for hydroxylation is 1. The van der Waals surface area contributed by atoms with Gasteiger partial charge in [-0.3, -0.25) is 14.9 Å². The van der Waals surface area contributed by atoms with Crippen molar-refractivity contribution in [1.82, 2.24) is 35.3 Å². The van der Waals surface area contributed by atoms with Gasteiger partial charge in [0.15, 0.2) is 11.6 Å². The van der Waals surface area contributed by atoms with Gasteiger partial charge in [-0.15, -0.1) is 0 Å². The first-order valence-electron chi connectivity index (χ1n) is 21.0. The Morgan fingerprint density at radius 2 is 1.32 bits per heavy atom. The van der Waals surface area contributed by atoms with E-state index in [9.17, 15) is 26.4 Å². The van der Waals surface area contributed by atoms with Crippen LogP contribution in [-0.4, -0.2) is 90.8 Å². The van der Waals surface area contributed by atoms with Crippen LogP contribution in [0, 0.1) is 0 Å². The standard InChI is InChI=1S/C22H33N5O4S.C20H29N5O4S/c1-6-16(10-15(4)31-22(28)23-14(2)3)20-11-21(26-25-20)24-19-9-7-8-17-13-32(29,30)27(5)12-18(17)19;1-12(2)21-20(26)29-14(4)10-13(3)17-11-18(24-23-17)22-16-7-5-6-15-8-9-30(27,28)25-19(15)16/h7-9,11,14-16H,6,10,12-13H2,1-5H3,(H,23,28)(H2,24,25,26);5-7,11-14,25H,8-10H2,1-4H3,(H,21,26)(H2,22,23,24)/t15-,16+;13-,14+/m10/s1. The molecule has 2 aliphatic heterocycles. The number of alkyl carbamates (subject to hydrolysis) is 2. The summed E-state index contributed by atoms with van der Waals surface area (Å²) in [5, 5.41) is 26.7. The van der Waals surface area contributed by atoms with E-state index in [1.807, 2.05) is 97.0 Å². The molecule has 0 radical (unpaired) electrons. The molecule has 2 aliphatic rings. The first-order valence-corrected chi connectivity index (χ1v) is 24.2. The van der Waals surface area contributed by atoms with Crippen LogP contribution in [0.3, 0.4) is 0 Å². The van der Waals surface area contributed by atoms with E-state index in [-0.39, 0.29) is 47.6 Å². The number of benzene rings is 2. The van der Waals surface area contributed by atoms with Crippen molar-refractivity contribution in [2.45, 2.75) is 129 Å². The third-order valence-electron chi connectivity index (χ3n) is 10.4. The quantitative estimate of drug-likeness (QED) is 0.0622. The molecule has 0 fully saturated rings. The van der Waals surface area contributed by atoms with Gasteiger partial charge in [0.1, 0.15) is 12.2 Å². The molecule has 18 nitrogen and oxygen atoms in total. The molecule has 340 valence electrons. The molecule has 0 aliphatic carbocycles. The van der Waals surface area contributed by atoms with E-state index in [0.29, 0.717) is 48.8 Å². The Morgan fingerprint density at radius 3 is 1.94 bits per heavy atom. The fourth-order valence-corrected chi connectivity index (χ4v) is 9.62. The summed E-state index contributed by atoms with van der Waals surface area (Å²) >= 11 is 0. The number of rotatable bonds is 15. The molecule has 2 aromatic carbocycles. The predicted octanol–water partition coefficient (Wildman–Crippen LogP) is 7.30. The van der Waals surface area contributed by atoms with Crippen LogP contribution in [0.15, 0.2) is 48.5 Å². The average molecular weight is 899 g/mol. The van der Waals surface area contributed by atoms with Crippen molar-refractivity contribution in [2.24, 2.45) is 0 Å². The molecule has 6 rings (SSSR count). The van der Waals surface area contributed by atoms with Crippen LogP contribution in [0.4, 0.5) is 38.3 Å². The highest BCUT2D eigenvalue weighted by Crippen LogP contribution is 2.35. The van der Waals surface area contributed by atoms with Gasteiger partial charge in [-0.05, 0) is 96.0 Å². The number of hydrogen-bond acceptors (Lipinski definition) is 12. The van der Waals surface area contributed by atoms with Gasteiger partial charge in [0.2, 0.25) is 20.0 Å². The Balaban J connectivity index is 0.000000235. The summed E-state index contributed by atoms with van der Waals surface area (Å²) in [6, 6.07) is 15.1. The SMILES string of the molecule is CC(C)NC(=O)O[C@H](C)C[C@H](C)c1cc(Nc2cccc3c2NS(=O)(=O)CC3)n[nH]1.CC[C@@H](C[C@@H](C)OC(=O)NC(C)C)c1cc(Nc2cccc3c2CN(C)S(=O)(=O)C3)n[nH]1. The number of nitrogens with one attached hydrogen (secondary N) is 7. The Kier molecular flexibility index (Phi) is 15.9. The van der Waals surface area contributed by atoms with Gasteiger partial charge in [-0.25, -0.2) is 30.7 Å². The minimum Gasteiger partial charge on any atom is -0.447 e. The molecule has 62 heavy (non-hydrogen) atoms. The van der Waals surface area contributed by atoms with Crippen molar-refractivity contribution in [3.63, 3.8) is 0 Å². The van der Waals surface area contributed by atoms with E-state index >= 15 is 0 Å². The molecule has 0 saturated heterocycles. The van der Waals surface area contributed by atoms with E-state index in [1.165, 1.54) is 4.31 Å². The number of amides is 2. The molecule has 0 saturated carbocycles. The summed E-state index contributed by atoms with van der Waals surface area (Å²) in [6.45, 7) is 15.7. The maximum Gasteiger partial charge on any atom is 0.407 e. The number of ether oxygens (including phenoxy) is 2. The molecule has 0 spiro atoms. The molecule has 2 amide bonds. The van der Waals surface area contributed by atoms with Crippen LogP contribution in [0.1, 0.15) is 115 Å². The number of aromatic nitrogens is 4. The number of H-pyrrole nitrogens is 2. The van der Waals surface area contributed by atoms with Gasteiger partial charge in [-0.1, -0.05) is 38.1 Å². The monoisotopic (exact) mass is 898 g/mol. The predicted molar refractivity (Wildman–Crippen MR) is 241 cm³/mol. The lowest BCUT2D eigenvalue weighted by atomic mass is 9.96. The van der Waals surface area contributed by atoms with Gasteiger partial charge in [-0.2, -0.15) is 10.2 Å². The fraction of sp³-hybridized carbons (Fsp3) is 0.524. The minimum atomic E-state index is -3.32. The first kappa shape index (κ1) is 47.7. The summed E-state index contributed by atoms with van der Waals surface area (Å²) in [4.78, 5) is 23.6. The third kappa shape index (κ3) is 13.3. The maximum absolute atomic E-state index is 12.2. The van der Waals surface area contributed by atoms with Crippen molar-refractivity contribution < 1.29 is 35.9 Å². The zero-order valence-electron chi connectivity index (χ0n) is 37.0. The highest BCUT2D eigenvalue weighted by molar-refractivity contribution is 7.92. The maximum atomic E-state index is 12.2. The van der Waals surface area contributed by atoms with Gasteiger partial charge in [0, 0.05) is 66.7 Å². The Morgan fingerprint density at radius 1 is 0.774 bits per heavy atom. The number of sulfonamides is 2. The summed E-state index contributed by atoms with van der Waals surface area (Å²) in [6.07, 6.45) is 1.32. The number of para-hydroxylation sites is 1. The van der Waals surface area contributed by atoms with Crippen molar-refractivity contribution in [2.75, 3.05) is 28.2 Å². The number of anilines is 5. The molecular weight excluding hydrogens is 837 g/mol.